The molecular formula is C12H16N4O2S. The highest BCUT2D eigenvalue weighted by atomic mass is 32.2. The molecule has 0 aromatic carbocycles. The molecule has 1 amide bonds. The van der Waals surface area contributed by atoms with Gasteiger partial charge >= 0.3 is 0 Å². The Morgan fingerprint density at radius 2 is 2.21 bits per heavy atom. The van der Waals surface area contributed by atoms with Crippen LogP contribution in [0.5, 0.6) is 0 Å². The average Bonchev–Trinajstić information content (AvgIpc) is 2.99. The van der Waals surface area contributed by atoms with Gasteiger partial charge in [-0.25, -0.2) is 0 Å². The van der Waals surface area contributed by atoms with E-state index >= 15 is 0 Å². The highest BCUT2D eigenvalue weighted by molar-refractivity contribution is 8.00. The molecule has 2 aromatic rings. The van der Waals surface area contributed by atoms with E-state index in [9.17, 15) is 4.79 Å². The van der Waals surface area contributed by atoms with E-state index in [2.05, 4.69) is 10.2 Å². The molecule has 6 nitrogen and oxygen atoms in total. The Morgan fingerprint density at radius 3 is 2.79 bits per heavy atom. The number of nitrogens with zero attached hydrogens (tertiary/aromatic N) is 4. The van der Waals surface area contributed by atoms with E-state index in [-0.39, 0.29) is 11.2 Å². The van der Waals surface area contributed by atoms with Crippen LogP contribution in [0.3, 0.4) is 0 Å². The van der Waals surface area contributed by atoms with E-state index in [1.165, 1.54) is 11.8 Å². The highest BCUT2D eigenvalue weighted by Gasteiger charge is 2.20. The van der Waals surface area contributed by atoms with Gasteiger partial charge in [-0.3, -0.25) is 4.79 Å². The zero-order valence-electron chi connectivity index (χ0n) is 11.3. The van der Waals surface area contributed by atoms with E-state index in [1.54, 1.807) is 31.3 Å². The van der Waals surface area contributed by atoms with Crippen LogP contribution in [0.25, 0.3) is 11.6 Å². The van der Waals surface area contributed by atoms with E-state index in [4.69, 9.17) is 4.42 Å². The van der Waals surface area contributed by atoms with Crippen molar-refractivity contribution in [1.29, 1.82) is 0 Å². The summed E-state index contributed by atoms with van der Waals surface area (Å²) in [6, 6.07) is 3.63. The third-order valence-corrected chi connectivity index (χ3v) is 3.77. The smallest absolute Gasteiger partial charge is 0.235 e. The van der Waals surface area contributed by atoms with Crippen LogP contribution in [0.4, 0.5) is 0 Å². The number of amides is 1. The van der Waals surface area contributed by atoms with Gasteiger partial charge < -0.3 is 13.9 Å². The van der Waals surface area contributed by atoms with Gasteiger partial charge in [0, 0.05) is 21.1 Å². The predicted octanol–water partition coefficient (Wildman–Crippen LogP) is 1.64. The summed E-state index contributed by atoms with van der Waals surface area (Å²) in [6.45, 7) is 1.86. The second kappa shape index (κ2) is 5.48. The van der Waals surface area contributed by atoms with Gasteiger partial charge in [-0.05, 0) is 19.1 Å². The first kappa shape index (κ1) is 13.7. The van der Waals surface area contributed by atoms with Gasteiger partial charge in [-0.2, -0.15) is 0 Å². The van der Waals surface area contributed by atoms with Crippen molar-refractivity contribution >= 4 is 17.7 Å². The minimum Gasteiger partial charge on any atom is -0.461 e. The average molecular weight is 280 g/mol. The summed E-state index contributed by atoms with van der Waals surface area (Å²) in [4.78, 5) is 13.4. The fourth-order valence-corrected chi connectivity index (χ4v) is 2.57. The molecule has 0 N–H and O–H groups in total. The van der Waals surface area contributed by atoms with Gasteiger partial charge in [-0.15, -0.1) is 10.2 Å². The Balaban J connectivity index is 2.17. The summed E-state index contributed by atoms with van der Waals surface area (Å²) in [5, 5.41) is 8.67. The van der Waals surface area contributed by atoms with Crippen molar-refractivity contribution in [3.05, 3.63) is 18.4 Å². The van der Waals surface area contributed by atoms with Crippen molar-refractivity contribution < 1.29 is 9.21 Å². The van der Waals surface area contributed by atoms with Gasteiger partial charge in [0.05, 0.1) is 11.5 Å². The molecule has 0 spiro atoms. The number of furan rings is 1. The normalized spacial score (nSPS) is 12.4. The molecule has 0 bridgehead atoms. The van der Waals surface area contributed by atoms with Crippen LogP contribution in [0.15, 0.2) is 28.0 Å². The Morgan fingerprint density at radius 1 is 1.47 bits per heavy atom. The van der Waals surface area contributed by atoms with Crippen LogP contribution in [-0.2, 0) is 11.8 Å². The van der Waals surface area contributed by atoms with Gasteiger partial charge in [0.15, 0.2) is 16.7 Å². The van der Waals surface area contributed by atoms with Gasteiger partial charge in [0.2, 0.25) is 5.91 Å². The van der Waals surface area contributed by atoms with Gasteiger partial charge in [0.25, 0.3) is 0 Å². The standard InChI is InChI=1S/C12H16N4O2S/c1-8(11(17)15(2)3)19-12-14-13-10(16(12)4)9-6-5-7-18-9/h5-8H,1-4H3/t8-/m0/s1. The summed E-state index contributed by atoms with van der Waals surface area (Å²) in [5.74, 6) is 1.36. The number of carbonyl (C=O) groups is 1. The molecule has 0 saturated heterocycles. The van der Waals surface area contributed by atoms with Crippen molar-refractivity contribution in [2.45, 2.75) is 17.3 Å². The first-order valence-electron chi connectivity index (χ1n) is 5.81. The summed E-state index contributed by atoms with van der Waals surface area (Å²) in [5.41, 5.74) is 0. The van der Waals surface area contributed by atoms with Crippen LogP contribution >= 0.6 is 11.8 Å². The van der Waals surface area contributed by atoms with Gasteiger partial charge in [-0.1, -0.05) is 11.8 Å². The highest BCUT2D eigenvalue weighted by Crippen LogP contribution is 2.26. The lowest BCUT2D eigenvalue weighted by Crippen LogP contribution is -2.29. The third-order valence-electron chi connectivity index (χ3n) is 2.65. The van der Waals surface area contributed by atoms with Crippen molar-refractivity contribution in [2.24, 2.45) is 7.05 Å². The molecule has 0 fully saturated rings. The molecule has 0 aliphatic rings. The molecular weight excluding hydrogens is 264 g/mol. The number of carbonyl (C=O) groups excluding carboxylic acids is 1. The summed E-state index contributed by atoms with van der Waals surface area (Å²) < 4.78 is 7.12. The zero-order chi connectivity index (χ0) is 14.0. The molecule has 0 aliphatic carbocycles. The van der Waals surface area contributed by atoms with Crippen LogP contribution in [-0.4, -0.2) is 44.9 Å². The van der Waals surface area contributed by atoms with Crippen molar-refractivity contribution in [3.63, 3.8) is 0 Å². The summed E-state index contributed by atoms with van der Waals surface area (Å²) in [6.07, 6.45) is 1.59. The number of aromatic nitrogens is 3. The van der Waals surface area contributed by atoms with Gasteiger partial charge in [0.1, 0.15) is 0 Å². The van der Waals surface area contributed by atoms with Crippen molar-refractivity contribution in [3.8, 4) is 11.6 Å². The molecule has 19 heavy (non-hydrogen) atoms. The van der Waals surface area contributed by atoms with Crippen LogP contribution in [0.2, 0.25) is 0 Å². The minimum atomic E-state index is -0.206. The number of hydrogen-bond donors (Lipinski definition) is 0. The Labute approximate surface area is 115 Å². The summed E-state index contributed by atoms with van der Waals surface area (Å²) >= 11 is 1.38. The largest absolute Gasteiger partial charge is 0.461 e. The molecule has 0 aliphatic heterocycles. The Kier molecular flexibility index (Phi) is 3.94. The van der Waals surface area contributed by atoms with E-state index < -0.39 is 0 Å². The molecule has 0 saturated carbocycles. The number of hydrogen-bond acceptors (Lipinski definition) is 5. The number of rotatable bonds is 4. The second-order valence-electron chi connectivity index (χ2n) is 4.34. The molecule has 7 heteroatoms. The molecule has 2 aromatic heterocycles. The van der Waals surface area contributed by atoms with E-state index in [1.807, 2.05) is 24.6 Å². The zero-order valence-corrected chi connectivity index (χ0v) is 12.1. The third kappa shape index (κ3) is 2.81. The maximum absolute atomic E-state index is 11.8. The molecule has 2 heterocycles. The predicted molar refractivity (Wildman–Crippen MR) is 72.7 cm³/mol. The molecule has 2 rings (SSSR count). The Bertz CT molecular complexity index is 562. The SMILES string of the molecule is C[C@H](Sc1nnc(-c2ccco2)n1C)C(=O)N(C)C. The molecule has 102 valence electrons. The molecule has 0 radical (unpaired) electrons. The summed E-state index contributed by atoms with van der Waals surface area (Å²) in [7, 11) is 5.34. The lowest BCUT2D eigenvalue weighted by molar-refractivity contribution is -0.127. The first-order chi connectivity index (χ1) is 9.00. The molecule has 1 atom stereocenters. The van der Waals surface area contributed by atoms with Crippen molar-refractivity contribution in [1.82, 2.24) is 19.7 Å². The van der Waals surface area contributed by atoms with Crippen molar-refractivity contribution in [2.75, 3.05) is 14.1 Å². The Hall–Kier alpha value is -1.76. The lowest BCUT2D eigenvalue weighted by atomic mass is 10.4. The van der Waals surface area contributed by atoms with Crippen LogP contribution < -0.4 is 0 Å². The second-order valence-corrected chi connectivity index (χ2v) is 5.64. The number of thioether (sulfide) groups is 1. The van der Waals surface area contributed by atoms with E-state index in [0.717, 1.165) is 0 Å². The van der Waals surface area contributed by atoms with E-state index in [0.29, 0.717) is 16.7 Å². The topological polar surface area (TPSA) is 64.2 Å². The first-order valence-corrected chi connectivity index (χ1v) is 6.69. The maximum Gasteiger partial charge on any atom is 0.235 e. The maximum atomic E-state index is 11.8. The molecule has 0 unspecified atom stereocenters. The van der Waals surface area contributed by atoms with Crippen LogP contribution in [0.1, 0.15) is 6.92 Å². The monoisotopic (exact) mass is 280 g/mol. The quantitative estimate of drug-likeness (QED) is 0.797. The fraction of sp³-hybridized carbons (Fsp3) is 0.417. The lowest BCUT2D eigenvalue weighted by Gasteiger charge is -2.15. The fourth-order valence-electron chi connectivity index (χ4n) is 1.61. The minimum absolute atomic E-state index is 0.0487. The van der Waals surface area contributed by atoms with Crippen LogP contribution in [0, 0.1) is 0 Å².